The maximum absolute atomic E-state index is 12.9. The largest absolute Gasteiger partial charge is 0.416 e. The predicted octanol–water partition coefficient (Wildman–Crippen LogP) is 4.26. The Labute approximate surface area is 117 Å². The van der Waals surface area contributed by atoms with Crippen molar-refractivity contribution in [3.05, 3.63) is 41.0 Å². The minimum absolute atomic E-state index is 0.388. The van der Waals surface area contributed by atoms with Crippen molar-refractivity contribution in [3.8, 4) is 0 Å². The summed E-state index contributed by atoms with van der Waals surface area (Å²) >= 11 is 0. The number of hydrogen-bond donors (Lipinski definition) is 0. The molecule has 1 saturated heterocycles. The van der Waals surface area contributed by atoms with Crippen molar-refractivity contribution in [1.82, 2.24) is 4.90 Å². The average Bonchev–Trinajstić information content (AvgIpc) is 2.60. The molecule has 2 bridgehead atoms. The van der Waals surface area contributed by atoms with Crippen molar-refractivity contribution in [2.45, 2.75) is 44.4 Å². The standard InChI is InChI=1S/C16H18F3N/c1-10-5-11(7-13(6-10)16(17,18)19)12-8-14-3-4-15(9-12)20(14)2/h5-8,14-15H,3-4,9H2,1-2H3. The van der Waals surface area contributed by atoms with Crippen LogP contribution in [0.5, 0.6) is 0 Å². The molecule has 0 radical (unpaired) electrons. The summed E-state index contributed by atoms with van der Waals surface area (Å²) in [5.41, 5.74) is 1.94. The second-order valence-electron chi connectivity index (χ2n) is 5.95. The zero-order chi connectivity index (χ0) is 14.5. The van der Waals surface area contributed by atoms with Crippen molar-refractivity contribution < 1.29 is 13.2 Å². The average molecular weight is 281 g/mol. The van der Waals surface area contributed by atoms with Crippen molar-refractivity contribution in [2.75, 3.05) is 7.05 Å². The molecule has 2 aliphatic rings. The molecule has 2 heterocycles. The van der Waals surface area contributed by atoms with Gasteiger partial charge in [-0.3, -0.25) is 4.90 Å². The monoisotopic (exact) mass is 281 g/mol. The minimum Gasteiger partial charge on any atom is -0.297 e. The van der Waals surface area contributed by atoms with Gasteiger partial charge >= 0.3 is 6.18 Å². The highest BCUT2D eigenvalue weighted by Gasteiger charge is 2.35. The number of benzene rings is 1. The molecule has 0 spiro atoms. The summed E-state index contributed by atoms with van der Waals surface area (Å²) in [6.07, 6.45) is 0.986. The molecule has 0 N–H and O–H groups in total. The fourth-order valence-electron chi connectivity index (χ4n) is 3.39. The third-order valence-electron chi connectivity index (χ3n) is 4.52. The molecule has 0 saturated carbocycles. The molecule has 0 aromatic heterocycles. The van der Waals surface area contributed by atoms with Crippen LogP contribution in [0.25, 0.3) is 5.57 Å². The minimum atomic E-state index is -4.27. The lowest BCUT2D eigenvalue weighted by Crippen LogP contribution is -2.34. The molecule has 108 valence electrons. The highest BCUT2D eigenvalue weighted by molar-refractivity contribution is 5.69. The van der Waals surface area contributed by atoms with Gasteiger partial charge in [0.15, 0.2) is 0 Å². The molecular weight excluding hydrogens is 263 g/mol. The first-order valence-corrected chi connectivity index (χ1v) is 6.96. The molecule has 1 aromatic carbocycles. The second kappa shape index (κ2) is 4.62. The van der Waals surface area contributed by atoms with E-state index in [1.807, 2.05) is 6.07 Å². The Hall–Kier alpha value is -1.29. The third kappa shape index (κ3) is 2.37. The third-order valence-corrected chi connectivity index (χ3v) is 4.52. The van der Waals surface area contributed by atoms with E-state index >= 15 is 0 Å². The maximum Gasteiger partial charge on any atom is 0.416 e. The van der Waals surface area contributed by atoms with Crippen molar-refractivity contribution in [2.24, 2.45) is 0 Å². The Bertz CT molecular complexity index is 559. The van der Waals surface area contributed by atoms with Crippen LogP contribution in [0.3, 0.4) is 0 Å². The highest BCUT2D eigenvalue weighted by atomic mass is 19.4. The lowest BCUT2D eigenvalue weighted by molar-refractivity contribution is -0.137. The summed E-state index contributed by atoms with van der Waals surface area (Å²) in [6.45, 7) is 1.73. The smallest absolute Gasteiger partial charge is 0.297 e. The van der Waals surface area contributed by atoms with E-state index in [1.54, 1.807) is 6.92 Å². The summed E-state index contributed by atoms with van der Waals surface area (Å²) in [5.74, 6) is 0. The van der Waals surface area contributed by atoms with Crippen LogP contribution in [0.1, 0.15) is 36.0 Å². The molecule has 4 heteroatoms. The lowest BCUT2D eigenvalue weighted by Gasteiger charge is -2.30. The molecule has 1 nitrogen and oxygen atoms in total. The summed E-state index contributed by atoms with van der Waals surface area (Å²) in [7, 11) is 2.10. The number of alkyl halides is 3. The van der Waals surface area contributed by atoms with Crippen LogP contribution in [-0.4, -0.2) is 24.0 Å². The SMILES string of the molecule is Cc1cc(C2=CC3CCC(C2)N3C)cc(C(F)(F)F)c1. The van der Waals surface area contributed by atoms with Crippen LogP contribution < -0.4 is 0 Å². The van der Waals surface area contributed by atoms with Gasteiger partial charge in [0.1, 0.15) is 0 Å². The van der Waals surface area contributed by atoms with Crippen LogP contribution in [0.15, 0.2) is 24.3 Å². The van der Waals surface area contributed by atoms with E-state index in [0.29, 0.717) is 17.6 Å². The second-order valence-corrected chi connectivity index (χ2v) is 5.95. The maximum atomic E-state index is 12.9. The van der Waals surface area contributed by atoms with Gasteiger partial charge in [-0.05, 0) is 62.1 Å². The van der Waals surface area contributed by atoms with E-state index in [4.69, 9.17) is 0 Å². The molecule has 1 fully saturated rings. The molecule has 1 aromatic rings. The Kier molecular flexibility index (Phi) is 3.16. The fourth-order valence-corrected chi connectivity index (χ4v) is 3.39. The predicted molar refractivity (Wildman–Crippen MR) is 73.3 cm³/mol. The van der Waals surface area contributed by atoms with Crippen molar-refractivity contribution in [1.29, 1.82) is 0 Å². The summed E-state index contributed by atoms with van der Waals surface area (Å²) in [6, 6.07) is 5.25. The van der Waals surface area contributed by atoms with Gasteiger partial charge in [-0.15, -0.1) is 0 Å². The lowest BCUT2D eigenvalue weighted by atomic mass is 9.92. The Morgan fingerprint density at radius 1 is 1.15 bits per heavy atom. The van der Waals surface area contributed by atoms with Crippen LogP contribution in [0, 0.1) is 6.92 Å². The molecule has 20 heavy (non-hydrogen) atoms. The van der Waals surface area contributed by atoms with Gasteiger partial charge in [-0.1, -0.05) is 12.1 Å². The topological polar surface area (TPSA) is 3.24 Å². The van der Waals surface area contributed by atoms with E-state index < -0.39 is 11.7 Å². The molecule has 2 aliphatic heterocycles. The van der Waals surface area contributed by atoms with Crippen LogP contribution in [-0.2, 0) is 6.18 Å². The molecule has 3 rings (SSSR count). The Balaban J connectivity index is 1.99. The zero-order valence-electron chi connectivity index (χ0n) is 11.7. The first kappa shape index (κ1) is 13.7. The van der Waals surface area contributed by atoms with Crippen LogP contribution in [0.4, 0.5) is 13.2 Å². The van der Waals surface area contributed by atoms with E-state index in [-0.39, 0.29) is 0 Å². The first-order valence-electron chi connectivity index (χ1n) is 6.96. The van der Waals surface area contributed by atoms with Crippen LogP contribution >= 0.6 is 0 Å². The van der Waals surface area contributed by atoms with Gasteiger partial charge in [-0.25, -0.2) is 0 Å². The van der Waals surface area contributed by atoms with Crippen molar-refractivity contribution in [3.63, 3.8) is 0 Å². The van der Waals surface area contributed by atoms with Gasteiger partial charge in [-0.2, -0.15) is 13.2 Å². The Morgan fingerprint density at radius 2 is 1.90 bits per heavy atom. The number of hydrogen-bond acceptors (Lipinski definition) is 1. The molecule has 2 atom stereocenters. The van der Waals surface area contributed by atoms with Crippen molar-refractivity contribution >= 4 is 5.57 Å². The quantitative estimate of drug-likeness (QED) is 0.743. The summed E-state index contributed by atoms with van der Waals surface area (Å²) < 4.78 is 38.7. The van der Waals surface area contributed by atoms with E-state index in [0.717, 1.165) is 30.4 Å². The highest BCUT2D eigenvalue weighted by Crippen LogP contribution is 2.39. The summed E-state index contributed by atoms with van der Waals surface area (Å²) in [4.78, 5) is 2.34. The van der Waals surface area contributed by atoms with E-state index in [1.165, 1.54) is 12.1 Å². The number of aryl methyl sites for hydroxylation is 1. The Morgan fingerprint density at radius 3 is 2.55 bits per heavy atom. The molecule has 2 unspecified atom stereocenters. The zero-order valence-corrected chi connectivity index (χ0v) is 11.7. The number of rotatable bonds is 1. The van der Waals surface area contributed by atoms with Gasteiger partial charge in [0.05, 0.1) is 5.56 Å². The van der Waals surface area contributed by atoms with Crippen LogP contribution in [0.2, 0.25) is 0 Å². The van der Waals surface area contributed by atoms with Gasteiger partial charge in [0, 0.05) is 12.1 Å². The first-order chi connectivity index (χ1) is 9.34. The van der Waals surface area contributed by atoms with Gasteiger partial charge in [0.25, 0.3) is 0 Å². The summed E-state index contributed by atoms with van der Waals surface area (Å²) in [5, 5.41) is 0. The molecule has 0 amide bonds. The van der Waals surface area contributed by atoms with Gasteiger partial charge in [0.2, 0.25) is 0 Å². The molecular formula is C16H18F3N. The normalized spacial score (nSPS) is 26.8. The fraction of sp³-hybridized carbons (Fsp3) is 0.500. The van der Waals surface area contributed by atoms with E-state index in [9.17, 15) is 13.2 Å². The number of halogens is 3. The molecule has 0 aliphatic carbocycles. The van der Waals surface area contributed by atoms with Gasteiger partial charge < -0.3 is 0 Å². The van der Waals surface area contributed by atoms with E-state index in [2.05, 4.69) is 18.0 Å². The number of nitrogens with zero attached hydrogens (tertiary/aromatic N) is 1. The number of fused-ring (bicyclic) bond motifs is 2. The number of likely N-dealkylation sites (N-methyl/N-ethyl adjacent to an activating group) is 1.